The Bertz CT molecular complexity index is 1050. The molecule has 1 aromatic heterocycles. The van der Waals surface area contributed by atoms with E-state index in [1.807, 2.05) is 43.3 Å². The summed E-state index contributed by atoms with van der Waals surface area (Å²) in [6.07, 6.45) is 0. The highest BCUT2D eigenvalue weighted by atomic mass is 35.5. The van der Waals surface area contributed by atoms with E-state index in [4.69, 9.17) is 20.9 Å². The highest BCUT2D eigenvalue weighted by Gasteiger charge is 2.22. The molecule has 0 aliphatic rings. The number of halogens is 1. The number of amides is 1. The second-order valence-electron chi connectivity index (χ2n) is 6.03. The molecule has 0 saturated heterocycles. The van der Waals surface area contributed by atoms with Crippen LogP contribution in [-0.4, -0.2) is 24.2 Å². The van der Waals surface area contributed by atoms with Crippen LogP contribution in [0.4, 0.5) is 0 Å². The molecule has 0 fully saturated rings. The Morgan fingerprint density at radius 2 is 1.89 bits per heavy atom. The summed E-state index contributed by atoms with van der Waals surface area (Å²) in [6, 6.07) is 14.9. The van der Waals surface area contributed by atoms with Crippen LogP contribution < -0.4 is 10.1 Å². The molecule has 1 amide bonds. The summed E-state index contributed by atoms with van der Waals surface area (Å²) in [5.41, 5.74) is 2.46. The maximum absolute atomic E-state index is 12.6. The Morgan fingerprint density at radius 1 is 1.14 bits per heavy atom. The maximum Gasteiger partial charge on any atom is 0.257 e. The zero-order valence-corrected chi connectivity index (χ0v) is 16.3. The lowest BCUT2D eigenvalue weighted by Crippen LogP contribution is -2.24. The van der Waals surface area contributed by atoms with Gasteiger partial charge in [-0.25, -0.2) is 0 Å². The molecule has 0 aliphatic carbocycles. The Morgan fingerprint density at radius 3 is 2.68 bits per heavy atom. The van der Waals surface area contributed by atoms with Crippen LogP contribution in [0.2, 0.25) is 5.02 Å². The van der Waals surface area contributed by atoms with E-state index >= 15 is 0 Å². The smallest absolute Gasteiger partial charge is 0.257 e. The molecule has 2 aromatic carbocycles. The van der Waals surface area contributed by atoms with Gasteiger partial charge in [0.2, 0.25) is 0 Å². The summed E-state index contributed by atoms with van der Waals surface area (Å²) in [5.74, 6) is 6.66. The molecule has 1 N–H and O–H groups in total. The number of hydrogen-bond donors (Lipinski definition) is 1. The zero-order valence-electron chi connectivity index (χ0n) is 15.6. The normalized spacial score (nSPS) is 10.1. The number of hydrogen-bond acceptors (Lipinski definition) is 4. The van der Waals surface area contributed by atoms with E-state index in [0.29, 0.717) is 27.6 Å². The van der Waals surface area contributed by atoms with E-state index < -0.39 is 0 Å². The van der Waals surface area contributed by atoms with Crippen molar-refractivity contribution in [2.24, 2.45) is 0 Å². The molecule has 3 rings (SSSR count). The number of nitrogens with one attached hydrogen (secondary N) is 1. The lowest BCUT2D eigenvalue weighted by atomic mass is 10.1. The van der Waals surface area contributed by atoms with Crippen LogP contribution in [0, 0.1) is 25.7 Å². The average Bonchev–Trinajstić information content (AvgIpc) is 3.07. The van der Waals surface area contributed by atoms with Gasteiger partial charge in [-0.1, -0.05) is 65.0 Å². The van der Waals surface area contributed by atoms with Gasteiger partial charge in [0.05, 0.1) is 11.6 Å². The predicted molar refractivity (Wildman–Crippen MR) is 108 cm³/mol. The lowest BCUT2D eigenvalue weighted by Gasteiger charge is -2.05. The number of carbonyl (C=O) groups excluding carboxylic acids is 1. The number of nitrogens with zero attached hydrogens (tertiary/aromatic N) is 1. The highest BCUT2D eigenvalue weighted by molar-refractivity contribution is 6.33. The van der Waals surface area contributed by atoms with Crippen molar-refractivity contribution in [3.05, 3.63) is 70.4 Å². The molecule has 6 heteroatoms. The monoisotopic (exact) mass is 394 g/mol. The molecule has 0 bridgehead atoms. The van der Waals surface area contributed by atoms with E-state index in [2.05, 4.69) is 22.3 Å². The number of aromatic nitrogens is 1. The van der Waals surface area contributed by atoms with Gasteiger partial charge in [0.25, 0.3) is 5.91 Å². The first-order valence-electron chi connectivity index (χ1n) is 8.71. The number of benzene rings is 2. The van der Waals surface area contributed by atoms with Gasteiger partial charge in [-0.15, -0.1) is 0 Å². The van der Waals surface area contributed by atoms with E-state index in [1.54, 1.807) is 19.1 Å². The molecule has 5 nitrogen and oxygen atoms in total. The van der Waals surface area contributed by atoms with Gasteiger partial charge < -0.3 is 14.6 Å². The molecular weight excluding hydrogens is 376 g/mol. The second-order valence-corrected chi connectivity index (χ2v) is 6.44. The predicted octanol–water partition coefficient (Wildman–Crippen LogP) is 4.42. The van der Waals surface area contributed by atoms with Gasteiger partial charge in [0, 0.05) is 5.56 Å². The summed E-state index contributed by atoms with van der Waals surface area (Å²) in [4.78, 5) is 12.6. The minimum absolute atomic E-state index is 0.183. The topological polar surface area (TPSA) is 64.4 Å². The van der Waals surface area contributed by atoms with Crippen LogP contribution in [0.1, 0.15) is 21.7 Å². The van der Waals surface area contributed by atoms with Gasteiger partial charge in [-0.05, 0) is 31.5 Å². The van der Waals surface area contributed by atoms with Gasteiger partial charge in [-0.2, -0.15) is 0 Å². The van der Waals surface area contributed by atoms with Crippen molar-refractivity contribution in [1.29, 1.82) is 0 Å². The SMILES string of the molecule is Cc1ccccc1OCC#CCNC(=O)c1c(-c2ccccc2Cl)noc1C. The van der Waals surface area contributed by atoms with Crippen LogP contribution in [-0.2, 0) is 0 Å². The van der Waals surface area contributed by atoms with Gasteiger partial charge in [0.1, 0.15) is 29.4 Å². The zero-order chi connectivity index (χ0) is 19.9. The van der Waals surface area contributed by atoms with Crippen LogP contribution in [0.3, 0.4) is 0 Å². The average molecular weight is 395 g/mol. The highest BCUT2D eigenvalue weighted by Crippen LogP contribution is 2.30. The van der Waals surface area contributed by atoms with Crippen molar-refractivity contribution in [3.63, 3.8) is 0 Å². The molecule has 0 unspecified atom stereocenters. The number of ether oxygens (including phenoxy) is 1. The molecule has 142 valence electrons. The first-order valence-corrected chi connectivity index (χ1v) is 9.09. The molecule has 1 heterocycles. The van der Waals surface area contributed by atoms with E-state index in [1.165, 1.54) is 0 Å². The van der Waals surface area contributed by atoms with Crippen molar-refractivity contribution in [2.75, 3.05) is 13.2 Å². The molecular formula is C22H19ClN2O3. The number of rotatable bonds is 5. The van der Waals surface area contributed by atoms with Crippen LogP contribution in [0.5, 0.6) is 5.75 Å². The Kier molecular flexibility index (Phi) is 6.36. The molecule has 0 spiro atoms. The lowest BCUT2D eigenvalue weighted by molar-refractivity contribution is 0.0957. The molecule has 0 saturated carbocycles. The maximum atomic E-state index is 12.6. The van der Waals surface area contributed by atoms with Crippen molar-refractivity contribution >= 4 is 17.5 Å². The second kappa shape index (κ2) is 9.12. The van der Waals surface area contributed by atoms with Crippen LogP contribution in [0.15, 0.2) is 53.1 Å². The van der Waals surface area contributed by atoms with E-state index in [-0.39, 0.29) is 19.1 Å². The first-order chi connectivity index (χ1) is 13.6. The third kappa shape index (κ3) is 4.54. The number of carbonyl (C=O) groups is 1. The molecule has 28 heavy (non-hydrogen) atoms. The summed E-state index contributed by atoms with van der Waals surface area (Å²) >= 11 is 6.22. The van der Waals surface area contributed by atoms with Crippen LogP contribution >= 0.6 is 11.6 Å². The summed E-state index contributed by atoms with van der Waals surface area (Å²) < 4.78 is 10.8. The third-order valence-electron chi connectivity index (χ3n) is 4.07. The fourth-order valence-electron chi connectivity index (χ4n) is 2.64. The Hall–Kier alpha value is -3.23. The fraction of sp³-hybridized carbons (Fsp3) is 0.182. The molecule has 0 atom stereocenters. The summed E-state index contributed by atoms with van der Waals surface area (Å²) in [6.45, 7) is 4.09. The molecule has 0 radical (unpaired) electrons. The quantitative estimate of drug-likeness (QED) is 0.650. The van der Waals surface area contributed by atoms with Crippen molar-refractivity contribution in [2.45, 2.75) is 13.8 Å². The standard InChI is InChI=1S/C22H19ClN2O3/c1-15-9-3-6-12-19(15)27-14-8-7-13-24-22(26)20-16(2)28-25-21(20)17-10-4-5-11-18(17)23/h3-6,9-12H,13-14H2,1-2H3,(H,24,26). The minimum Gasteiger partial charge on any atom is -0.481 e. The summed E-state index contributed by atoms with van der Waals surface area (Å²) in [7, 11) is 0. The number of aryl methyl sites for hydroxylation is 2. The third-order valence-corrected chi connectivity index (χ3v) is 4.40. The van der Waals surface area contributed by atoms with Gasteiger partial charge >= 0.3 is 0 Å². The summed E-state index contributed by atoms with van der Waals surface area (Å²) in [5, 5.41) is 7.24. The van der Waals surface area contributed by atoms with Crippen molar-refractivity contribution in [3.8, 4) is 28.8 Å². The Labute approximate surface area is 168 Å². The number of para-hydroxylation sites is 1. The largest absolute Gasteiger partial charge is 0.481 e. The fourth-order valence-corrected chi connectivity index (χ4v) is 2.86. The molecule has 3 aromatic rings. The van der Waals surface area contributed by atoms with E-state index in [9.17, 15) is 4.79 Å². The van der Waals surface area contributed by atoms with Gasteiger partial charge in [-0.3, -0.25) is 4.79 Å². The van der Waals surface area contributed by atoms with Gasteiger partial charge in [0.15, 0.2) is 0 Å². The van der Waals surface area contributed by atoms with Crippen LogP contribution in [0.25, 0.3) is 11.3 Å². The Balaban J connectivity index is 1.60. The van der Waals surface area contributed by atoms with E-state index in [0.717, 1.165) is 11.3 Å². The first kappa shape index (κ1) is 19.5. The van der Waals surface area contributed by atoms with Crippen molar-refractivity contribution in [1.82, 2.24) is 10.5 Å². The molecule has 0 aliphatic heterocycles. The van der Waals surface area contributed by atoms with Crippen molar-refractivity contribution < 1.29 is 14.1 Å². The minimum atomic E-state index is -0.317.